The van der Waals surface area contributed by atoms with Crippen LogP contribution in [0.3, 0.4) is 0 Å². The Morgan fingerprint density at radius 3 is 1.26 bits per heavy atom. The molecule has 0 aliphatic rings. The zero-order valence-electron chi connectivity index (χ0n) is 25.3. The molecule has 0 atom stereocenters. The number of benzene rings is 1. The lowest BCUT2D eigenvalue weighted by Gasteiger charge is -2.21. The molecule has 0 aromatic heterocycles. The summed E-state index contributed by atoms with van der Waals surface area (Å²) in [6.45, 7) is 4.89. The van der Waals surface area contributed by atoms with Gasteiger partial charge in [-0.3, -0.25) is 9.59 Å². The summed E-state index contributed by atoms with van der Waals surface area (Å²) in [5.74, 6) is 0.667. The number of unbranched alkanes of at least 4 members (excludes halogenated alkanes) is 15. The van der Waals surface area contributed by atoms with Crippen LogP contribution in [0.5, 0.6) is 28.7 Å². The van der Waals surface area contributed by atoms with Crippen LogP contribution in [0.15, 0.2) is 4.90 Å². The molecule has 7 nitrogen and oxygen atoms in total. The van der Waals surface area contributed by atoms with Crippen LogP contribution in [0.4, 0.5) is 0 Å². The minimum Gasteiger partial charge on any atom is -0.491 e. The second-order valence-electron chi connectivity index (χ2n) is 9.93. The second-order valence-corrected chi connectivity index (χ2v) is 11.0. The van der Waals surface area contributed by atoms with E-state index in [2.05, 4.69) is 6.92 Å². The molecule has 224 valence electrons. The van der Waals surface area contributed by atoms with E-state index in [1.54, 1.807) is 0 Å². The van der Waals surface area contributed by atoms with Gasteiger partial charge in [-0.05, 0) is 12.2 Å². The maximum absolute atomic E-state index is 11.9. The van der Waals surface area contributed by atoms with Crippen molar-refractivity contribution in [2.45, 2.75) is 128 Å². The molecule has 39 heavy (non-hydrogen) atoms. The van der Waals surface area contributed by atoms with Crippen molar-refractivity contribution in [3.05, 3.63) is 0 Å². The summed E-state index contributed by atoms with van der Waals surface area (Å²) in [5.41, 5.74) is 0. The van der Waals surface area contributed by atoms with Gasteiger partial charge in [0.05, 0.1) is 21.3 Å². The molecule has 1 rings (SSSR count). The zero-order valence-corrected chi connectivity index (χ0v) is 26.1. The lowest BCUT2D eigenvalue weighted by atomic mass is 10.0. The third kappa shape index (κ3) is 13.7. The van der Waals surface area contributed by atoms with E-state index >= 15 is 0 Å². The van der Waals surface area contributed by atoms with Gasteiger partial charge in [-0.25, -0.2) is 0 Å². The molecular formula is C31H52O7S. The molecule has 0 unspecified atom stereocenters. The van der Waals surface area contributed by atoms with Crippen LogP contribution in [0.1, 0.15) is 124 Å². The van der Waals surface area contributed by atoms with E-state index in [1.807, 2.05) is 0 Å². The summed E-state index contributed by atoms with van der Waals surface area (Å²) in [6.07, 6.45) is 21.1. The maximum Gasteiger partial charge on any atom is 0.308 e. The first kappa shape index (κ1) is 34.9. The smallest absolute Gasteiger partial charge is 0.308 e. The number of hydrogen-bond donors (Lipinski definition) is 0. The van der Waals surface area contributed by atoms with Crippen molar-refractivity contribution in [3.63, 3.8) is 0 Å². The second kappa shape index (κ2) is 21.7. The van der Waals surface area contributed by atoms with Crippen molar-refractivity contribution in [3.8, 4) is 28.7 Å². The van der Waals surface area contributed by atoms with E-state index < -0.39 is 11.9 Å². The molecule has 0 bridgehead atoms. The molecule has 0 aliphatic carbocycles. The number of ether oxygens (including phenoxy) is 5. The highest BCUT2D eigenvalue weighted by Crippen LogP contribution is 2.57. The van der Waals surface area contributed by atoms with Gasteiger partial charge in [0.1, 0.15) is 4.90 Å². The average Bonchev–Trinajstić information content (AvgIpc) is 2.90. The third-order valence-electron chi connectivity index (χ3n) is 6.59. The van der Waals surface area contributed by atoms with Gasteiger partial charge in [0.2, 0.25) is 17.2 Å². The molecule has 0 N–H and O–H groups in total. The SMILES string of the molecule is CCCCCCCCCCCCCCCCCCSc1c(OC)c(OC(C)=O)c(OC)c(OC)c1OC(C)=O. The highest BCUT2D eigenvalue weighted by atomic mass is 32.2. The quantitative estimate of drug-likeness (QED) is 0.0560. The molecule has 8 heteroatoms. The predicted octanol–water partition coefficient (Wildman–Crippen LogP) is 8.92. The molecular weight excluding hydrogens is 516 g/mol. The monoisotopic (exact) mass is 568 g/mol. The maximum atomic E-state index is 11.9. The molecule has 0 radical (unpaired) electrons. The first-order valence-corrected chi connectivity index (χ1v) is 15.7. The Morgan fingerprint density at radius 1 is 0.513 bits per heavy atom. The van der Waals surface area contributed by atoms with Gasteiger partial charge in [0, 0.05) is 13.8 Å². The highest BCUT2D eigenvalue weighted by Gasteiger charge is 2.31. The van der Waals surface area contributed by atoms with Gasteiger partial charge in [-0.1, -0.05) is 103 Å². The predicted molar refractivity (Wildman–Crippen MR) is 159 cm³/mol. The average molecular weight is 569 g/mol. The minimum atomic E-state index is -0.525. The van der Waals surface area contributed by atoms with Crippen LogP contribution in [-0.2, 0) is 9.59 Å². The van der Waals surface area contributed by atoms with Gasteiger partial charge in [-0.15, -0.1) is 11.8 Å². The topological polar surface area (TPSA) is 80.3 Å². The Bertz CT molecular complexity index is 841. The Kier molecular flexibility index (Phi) is 19.4. The molecule has 0 fully saturated rings. The van der Waals surface area contributed by atoms with Gasteiger partial charge >= 0.3 is 11.9 Å². The van der Waals surface area contributed by atoms with Crippen LogP contribution >= 0.6 is 11.8 Å². The Balaban J connectivity index is 2.49. The number of esters is 2. The van der Waals surface area contributed by atoms with Crippen molar-refractivity contribution in [1.29, 1.82) is 0 Å². The van der Waals surface area contributed by atoms with E-state index in [-0.39, 0.29) is 28.7 Å². The largest absolute Gasteiger partial charge is 0.491 e. The fraction of sp³-hybridized carbons (Fsp3) is 0.742. The third-order valence-corrected chi connectivity index (χ3v) is 7.74. The van der Waals surface area contributed by atoms with Crippen molar-refractivity contribution in [1.82, 2.24) is 0 Å². The van der Waals surface area contributed by atoms with Crippen molar-refractivity contribution < 1.29 is 33.3 Å². The number of hydrogen-bond acceptors (Lipinski definition) is 8. The minimum absolute atomic E-state index is 0.106. The normalized spacial score (nSPS) is 10.8. The van der Waals surface area contributed by atoms with Crippen LogP contribution in [0, 0.1) is 0 Å². The number of thioether (sulfide) groups is 1. The fourth-order valence-electron chi connectivity index (χ4n) is 4.60. The molecule has 0 spiro atoms. The molecule has 1 aromatic carbocycles. The summed E-state index contributed by atoms with van der Waals surface area (Å²) >= 11 is 1.49. The Hall–Kier alpha value is -2.09. The molecule has 0 amide bonds. The summed E-state index contributed by atoms with van der Waals surface area (Å²) in [5, 5.41) is 0. The number of carbonyl (C=O) groups excluding carboxylic acids is 2. The standard InChI is InChI=1S/C31H52O7S/c1-7-8-9-10-11-12-13-14-15-16-17-18-19-20-21-22-23-39-31-29(36-6)28(37-24(2)32)26(34-4)27(35-5)30(31)38-25(3)33/h7-23H2,1-6H3. The summed E-state index contributed by atoms with van der Waals surface area (Å²) in [7, 11) is 4.34. The van der Waals surface area contributed by atoms with Crippen LogP contribution in [0.25, 0.3) is 0 Å². The van der Waals surface area contributed by atoms with Crippen molar-refractivity contribution >= 4 is 23.7 Å². The van der Waals surface area contributed by atoms with E-state index in [4.69, 9.17) is 23.7 Å². The highest BCUT2D eigenvalue weighted by molar-refractivity contribution is 7.99. The van der Waals surface area contributed by atoms with E-state index in [9.17, 15) is 9.59 Å². The summed E-state index contributed by atoms with van der Waals surface area (Å²) in [6, 6.07) is 0. The molecule has 0 aliphatic heterocycles. The Labute approximate surface area is 241 Å². The number of carbonyl (C=O) groups is 2. The lowest BCUT2D eigenvalue weighted by Crippen LogP contribution is -2.10. The number of methoxy groups -OCH3 is 3. The van der Waals surface area contributed by atoms with E-state index in [1.165, 1.54) is 137 Å². The van der Waals surface area contributed by atoms with Crippen LogP contribution in [0.2, 0.25) is 0 Å². The van der Waals surface area contributed by atoms with Gasteiger partial charge in [0.15, 0.2) is 11.5 Å². The molecule has 0 saturated carbocycles. The van der Waals surface area contributed by atoms with Crippen LogP contribution in [-0.4, -0.2) is 39.0 Å². The molecule has 0 saturated heterocycles. The molecule has 1 aromatic rings. The van der Waals surface area contributed by atoms with E-state index in [0.717, 1.165) is 18.6 Å². The fourth-order valence-corrected chi connectivity index (χ4v) is 5.73. The summed E-state index contributed by atoms with van der Waals surface area (Å²) in [4.78, 5) is 24.2. The van der Waals surface area contributed by atoms with Crippen LogP contribution < -0.4 is 23.7 Å². The first-order chi connectivity index (χ1) is 18.9. The first-order valence-electron chi connectivity index (χ1n) is 14.8. The van der Waals surface area contributed by atoms with E-state index in [0.29, 0.717) is 4.90 Å². The zero-order chi connectivity index (χ0) is 28.9. The van der Waals surface area contributed by atoms with Crippen molar-refractivity contribution in [2.24, 2.45) is 0 Å². The van der Waals surface area contributed by atoms with Gasteiger partial charge in [0.25, 0.3) is 0 Å². The number of rotatable bonds is 23. The van der Waals surface area contributed by atoms with Gasteiger partial charge < -0.3 is 23.7 Å². The Morgan fingerprint density at radius 2 is 0.872 bits per heavy atom. The molecule has 0 heterocycles. The van der Waals surface area contributed by atoms with Crippen molar-refractivity contribution in [2.75, 3.05) is 27.1 Å². The summed E-state index contributed by atoms with van der Waals surface area (Å²) < 4.78 is 27.5. The lowest BCUT2D eigenvalue weighted by molar-refractivity contribution is -0.133. The van der Waals surface area contributed by atoms with Gasteiger partial charge in [-0.2, -0.15) is 0 Å².